The normalized spacial score (nSPS) is 10.5. The van der Waals surface area contributed by atoms with Gasteiger partial charge in [-0.2, -0.15) is 13.9 Å². The summed E-state index contributed by atoms with van der Waals surface area (Å²) in [6.07, 6.45) is 0. The molecule has 0 radical (unpaired) electrons. The molecule has 5 nitrogen and oxygen atoms in total. The number of aromatic amines is 1. The van der Waals surface area contributed by atoms with Crippen LogP contribution in [-0.2, 0) is 0 Å². The van der Waals surface area contributed by atoms with E-state index in [0.29, 0.717) is 5.82 Å². The number of nitrogens with one attached hydrogen (secondary N) is 2. The second kappa shape index (κ2) is 5.47. The van der Waals surface area contributed by atoms with E-state index in [-0.39, 0.29) is 11.3 Å². The van der Waals surface area contributed by atoms with Crippen molar-refractivity contribution in [3.63, 3.8) is 0 Å². The predicted octanol–water partition coefficient (Wildman–Crippen LogP) is 2.57. The minimum Gasteiger partial charge on any atom is -0.434 e. The van der Waals surface area contributed by atoms with E-state index in [0.717, 1.165) is 5.69 Å². The molecule has 0 spiro atoms. The van der Waals surface area contributed by atoms with Gasteiger partial charge in [0.2, 0.25) is 0 Å². The molecule has 0 saturated carbocycles. The van der Waals surface area contributed by atoms with Crippen LogP contribution in [0.25, 0.3) is 0 Å². The van der Waals surface area contributed by atoms with Gasteiger partial charge in [0.05, 0.1) is 5.56 Å². The maximum Gasteiger partial charge on any atom is 0.387 e. The number of aromatic nitrogens is 2. The lowest BCUT2D eigenvalue weighted by molar-refractivity contribution is -0.0501. The molecule has 0 unspecified atom stereocenters. The predicted molar refractivity (Wildman–Crippen MR) is 64.4 cm³/mol. The van der Waals surface area contributed by atoms with Gasteiger partial charge in [-0.05, 0) is 19.1 Å². The van der Waals surface area contributed by atoms with Crippen molar-refractivity contribution in [3.05, 3.63) is 41.6 Å². The van der Waals surface area contributed by atoms with Crippen LogP contribution in [-0.4, -0.2) is 22.7 Å². The fraction of sp³-hybridized carbons (Fsp3) is 0.167. The molecule has 1 aromatic carbocycles. The fourth-order valence-electron chi connectivity index (χ4n) is 1.52. The summed E-state index contributed by atoms with van der Waals surface area (Å²) in [5.74, 6) is -0.431. The lowest BCUT2D eigenvalue weighted by Crippen LogP contribution is -2.15. The van der Waals surface area contributed by atoms with E-state index in [4.69, 9.17) is 0 Å². The molecule has 2 rings (SSSR count). The van der Waals surface area contributed by atoms with Crippen LogP contribution < -0.4 is 10.1 Å². The molecule has 0 saturated heterocycles. The molecule has 0 bridgehead atoms. The summed E-state index contributed by atoms with van der Waals surface area (Å²) >= 11 is 0. The van der Waals surface area contributed by atoms with Crippen molar-refractivity contribution >= 4 is 11.7 Å². The van der Waals surface area contributed by atoms with Crippen LogP contribution in [0.1, 0.15) is 16.1 Å². The molecule has 0 atom stereocenters. The van der Waals surface area contributed by atoms with E-state index in [2.05, 4.69) is 20.3 Å². The Bertz CT molecular complexity index is 584. The number of hydrogen-bond donors (Lipinski definition) is 2. The van der Waals surface area contributed by atoms with Gasteiger partial charge in [-0.1, -0.05) is 12.1 Å². The van der Waals surface area contributed by atoms with Gasteiger partial charge in [0.1, 0.15) is 5.75 Å². The Morgan fingerprint density at radius 1 is 1.42 bits per heavy atom. The van der Waals surface area contributed by atoms with E-state index in [1.807, 2.05) is 0 Å². The van der Waals surface area contributed by atoms with Crippen LogP contribution in [0.4, 0.5) is 14.6 Å². The molecule has 2 aromatic rings. The van der Waals surface area contributed by atoms with E-state index in [1.54, 1.807) is 19.1 Å². The molecule has 1 heterocycles. The van der Waals surface area contributed by atoms with Gasteiger partial charge >= 0.3 is 6.61 Å². The summed E-state index contributed by atoms with van der Waals surface area (Å²) in [5, 5.41) is 8.97. The Balaban J connectivity index is 2.18. The molecule has 0 aliphatic carbocycles. The lowest BCUT2D eigenvalue weighted by atomic mass is 10.2. The molecule has 2 N–H and O–H groups in total. The number of benzene rings is 1. The molecule has 0 fully saturated rings. The number of aryl methyl sites for hydroxylation is 1. The van der Waals surface area contributed by atoms with Crippen LogP contribution in [0, 0.1) is 6.92 Å². The number of amides is 1. The SMILES string of the molecule is Cc1cc(NC(=O)c2ccccc2OC(F)F)n[nH]1. The van der Waals surface area contributed by atoms with Gasteiger partial charge in [0.15, 0.2) is 5.82 Å². The summed E-state index contributed by atoms with van der Waals surface area (Å²) in [6, 6.07) is 7.38. The molecule has 100 valence electrons. The number of alkyl halides is 2. The zero-order valence-corrected chi connectivity index (χ0v) is 9.98. The summed E-state index contributed by atoms with van der Waals surface area (Å²) in [4.78, 5) is 11.9. The Kier molecular flexibility index (Phi) is 3.74. The zero-order valence-electron chi connectivity index (χ0n) is 9.98. The van der Waals surface area contributed by atoms with Gasteiger partial charge in [0, 0.05) is 11.8 Å². The Morgan fingerprint density at radius 3 is 2.79 bits per heavy atom. The largest absolute Gasteiger partial charge is 0.434 e. The van der Waals surface area contributed by atoms with Gasteiger partial charge in [0.25, 0.3) is 5.91 Å². The molecule has 1 aromatic heterocycles. The number of ether oxygens (including phenoxy) is 1. The number of carbonyl (C=O) groups excluding carboxylic acids is 1. The first-order valence-electron chi connectivity index (χ1n) is 5.43. The maximum absolute atomic E-state index is 12.2. The summed E-state index contributed by atoms with van der Waals surface area (Å²) in [7, 11) is 0. The highest BCUT2D eigenvalue weighted by Gasteiger charge is 2.16. The van der Waals surface area contributed by atoms with Crippen molar-refractivity contribution < 1.29 is 18.3 Å². The standard InChI is InChI=1S/C12H11F2N3O2/c1-7-6-10(17-16-7)15-11(18)8-4-2-3-5-9(8)19-12(13)14/h2-6,12H,1H3,(H2,15,16,17,18). The second-order valence-corrected chi connectivity index (χ2v) is 3.76. The van der Waals surface area contributed by atoms with Crippen LogP contribution >= 0.6 is 0 Å². The van der Waals surface area contributed by atoms with E-state index >= 15 is 0 Å². The summed E-state index contributed by atoms with van der Waals surface area (Å²) in [6.45, 7) is -1.21. The highest BCUT2D eigenvalue weighted by molar-refractivity contribution is 6.05. The quantitative estimate of drug-likeness (QED) is 0.894. The zero-order chi connectivity index (χ0) is 13.8. The topological polar surface area (TPSA) is 67.0 Å². The van der Waals surface area contributed by atoms with Gasteiger partial charge in [-0.15, -0.1) is 0 Å². The average molecular weight is 267 g/mol. The van der Waals surface area contributed by atoms with Crippen molar-refractivity contribution in [2.75, 3.05) is 5.32 Å². The molecular weight excluding hydrogens is 256 g/mol. The van der Waals surface area contributed by atoms with Crippen molar-refractivity contribution in [2.24, 2.45) is 0 Å². The molecular formula is C12H11F2N3O2. The maximum atomic E-state index is 12.2. The molecule has 0 aliphatic heterocycles. The first kappa shape index (κ1) is 13.0. The number of H-pyrrole nitrogens is 1. The first-order valence-corrected chi connectivity index (χ1v) is 5.43. The number of halogens is 2. The highest BCUT2D eigenvalue weighted by Crippen LogP contribution is 2.21. The monoisotopic (exact) mass is 267 g/mol. The van der Waals surface area contributed by atoms with Crippen molar-refractivity contribution in [1.29, 1.82) is 0 Å². The smallest absolute Gasteiger partial charge is 0.387 e. The van der Waals surface area contributed by atoms with Crippen LogP contribution in [0.3, 0.4) is 0 Å². The van der Waals surface area contributed by atoms with E-state index < -0.39 is 12.5 Å². The third-order valence-electron chi connectivity index (χ3n) is 2.30. The number of hydrogen-bond acceptors (Lipinski definition) is 3. The van der Waals surface area contributed by atoms with Crippen LogP contribution in [0.15, 0.2) is 30.3 Å². The first-order chi connectivity index (χ1) is 9.06. The third-order valence-corrected chi connectivity index (χ3v) is 2.30. The number of nitrogens with zero attached hydrogens (tertiary/aromatic N) is 1. The van der Waals surface area contributed by atoms with Gasteiger partial charge in [-0.25, -0.2) is 0 Å². The molecule has 19 heavy (non-hydrogen) atoms. The Labute approximate surface area is 107 Å². The average Bonchev–Trinajstić information content (AvgIpc) is 2.74. The number of anilines is 1. The molecule has 7 heteroatoms. The number of carbonyl (C=O) groups is 1. The third kappa shape index (κ3) is 3.27. The molecule has 0 aliphatic rings. The summed E-state index contributed by atoms with van der Waals surface area (Å²) < 4.78 is 28.7. The minimum absolute atomic E-state index is 0.0171. The summed E-state index contributed by atoms with van der Waals surface area (Å²) in [5.41, 5.74) is 0.788. The lowest BCUT2D eigenvalue weighted by Gasteiger charge is -2.09. The fourth-order valence-corrected chi connectivity index (χ4v) is 1.52. The van der Waals surface area contributed by atoms with Crippen LogP contribution in [0.5, 0.6) is 5.75 Å². The van der Waals surface area contributed by atoms with E-state index in [1.165, 1.54) is 18.2 Å². The van der Waals surface area contributed by atoms with Crippen molar-refractivity contribution in [2.45, 2.75) is 13.5 Å². The molecule has 1 amide bonds. The second-order valence-electron chi connectivity index (χ2n) is 3.76. The van der Waals surface area contributed by atoms with E-state index in [9.17, 15) is 13.6 Å². The number of rotatable bonds is 4. The van der Waals surface area contributed by atoms with Crippen molar-refractivity contribution in [1.82, 2.24) is 10.2 Å². The van der Waals surface area contributed by atoms with Gasteiger partial charge < -0.3 is 10.1 Å². The van der Waals surface area contributed by atoms with Gasteiger partial charge in [-0.3, -0.25) is 9.89 Å². The Hall–Kier alpha value is -2.44. The Morgan fingerprint density at radius 2 is 2.16 bits per heavy atom. The van der Waals surface area contributed by atoms with Crippen LogP contribution in [0.2, 0.25) is 0 Å². The number of para-hydroxylation sites is 1. The highest BCUT2D eigenvalue weighted by atomic mass is 19.3. The van der Waals surface area contributed by atoms with Crippen molar-refractivity contribution in [3.8, 4) is 5.75 Å². The minimum atomic E-state index is -2.98.